The van der Waals surface area contributed by atoms with Crippen molar-refractivity contribution >= 4 is 17.7 Å². The number of anilines is 1. The zero-order valence-electron chi connectivity index (χ0n) is 20.3. The Hall–Kier alpha value is -3.78. The molecular weight excluding hydrogens is 450 g/mol. The molecule has 0 saturated heterocycles. The van der Waals surface area contributed by atoms with Crippen LogP contribution < -0.4 is 14.8 Å². The third-order valence-corrected chi connectivity index (χ3v) is 4.93. The van der Waals surface area contributed by atoms with Gasteiger partial charge >= 0.3 is 12.1 Å². The maximum absolute atomic E-state index is 12.7. The summed E-state index contributed by atoms with van der Waals surface area (Å²) in [5.41, 5.74) is 1.38. The number of rotatable bonds is 13. The summed E-state index contributed by atoms with van der Waals surface area (Å²) in [5.74, 6) is 0.821. The molecule has 0 fully saturated rings. The largest absolute Gasteiger partial charge is 0.497 e. The molecule has 0 aliphatic heterocycles. The monoisotopic (exact) mass is 483 g/mol. The normalized spacial score (nSPS) is 12.8. The van der Waals surface area contributed by atoms with Crippen molar-refractivity contribution in [2.24, 2.45) is 5.92 Å². The second-order valence-corrected chi connectivity index (χ2v) is 7.57. The van der Waals surface area contributed by atoms with Gasteiger partial charge in [0.2, 0.25) is 0 Å². The van der Waals surface area contributed by atoms with Crippen LogP contribution in [0.15, 0.2) is 72.8 Å². The molecule has 35 heavy (non-hydrogen) atoms. The van der Waals surface area contributed by atoms with Crippen molar-refractivity contribution in [3.05, 3.63) is 78.4 Å². The van der Waals surface area contributed by atoms with E-state index in [4.69, 9.17) is 24.1 Å². The summed E-state index contributed by atoms with van der Waals surface area (Å²) < 4.78 is 21.2. The van der Waals surface area contributed by atoms with E-state index in [0.717, 1.165) is 5.56 Å². The minimum Gasteiger partial charge on any atom is -0.497 e. The van der Waals surface area contributed by atoms with Crippen LogP contribution in [0.2, 0.25) is 0 Å². The fourth-order valence-corrected chi connectivity index (χ4v) is 3.19. The van der Waals surface area contributed by atoms with Gasteiger partial charge in [0.25, 0.3) is 0 Å². The van der Waals surface area contributed by atoms with Crippen molar-refractivity contribution < 1.29 is 33.6 Å². The van der Waals surface area contributed by atoms with E-state index in [1.807, 2.05) is 25.1 Å². The number of benzene rings is 2. The van der Waals surface area contributed by atoms with Gasteiger partial charge < -0.3 is 24.1 Å². The molecule has 2 atom stereocenters. The Balaban J connectivity index is 2.10. The fraction of sp³-hybridized carbons (Fsp3) is 0.333. The first kappa shape index (κ1) is 27.5. The highest BCUT2D eigenvalue weighted by atomic mass is 16.6. The third-order valence-electron chi connectivity index (χ3n) is 4.93. The van der Waals surface area contributed by atoms with Gasteiger partial charge in [-0.05, 0) is 55.3 Å². The van der Waals surface area contributed by atoms with Crippen molar-refractivity contribution in [1.82, 2.24) is 0 Å². The van der Waals surface area contributed by atoms with E-state index >= 15 is 0 Å². The highest BCUT2D eigenvalue weighted by molar-refractivity contribution is 5.84. The van der Waals surface area contributed by atoms with E-state index in [1.165, 1.54) is 6.08 Å². The van der Waals surface area contributed by atoms with Crippen molar-refractivity contribution in [3.63, 3.8) is 0 Å². The van der Waals surface area contributed by atoms with Crippen LogP contribution in [0.5, 0.6) is 11.5 Å². The molecule has 0 saturated carbocycles. The van der Waals surface area contributed by atoms with E-state index < -0.39 is 18.2 Å². The lowest BCUT2D eigenvalue weighted by Crippen LogP contribution is -2.21. The predicted molar refractivity (Wildman–Crippen MR) is 134 cm³/mol. The van der Waals surface area contributed by atoms with Crippen LogP contribution in [-0.4, -0.2) is 44.1 Å². The Morgan fingerprint density at radius 2 is 1.71 bits per heavy atom. The molecule has 2 N–H and O–H groups in total. The second-order valence-electron chi connectivity index (χ2n) is 7.57. The molecule has 2 rings (SSSR count). The highest BCUT2D eigenvalue weighted by Crippen LogP contribution is 2.31. The van der Waals surface area contributed by atoms with Crippen molar-refractivity contribution in [2.45, 2.75) is 26.4 Å². The summed E-state index contributed by atoms with van der Waals surface area (Å²) in [6.07, 6.45) is 6.09. The third kappa shape index (κ3) is 9.93. The van der Waals surface area contributed by atoms with E-state index in [-0.39, 0.29) is 19.1 Å². The number of esters is 1. The quantitative estimate of drug-likeness (QED) is 0.233. The summed E-state index contributed by atoms with van der Waals surface area (Å²) in [4.78, 5) is 24.1. The molecule has 0 aliphatic rings. The maximum atomic E-state index is 12.7. The molecule has 8 heteroatoms. The molecule has 0 bridgehead atoms. The van der Waals surface area contributed by atoms with Gasteiger partial charge in [0.1, 0.15) is 24.2 Å². The summed E-state index contributed by atoms with van der Waals surface area (Å²) in [6, 6.07) is 14.2. The Bertz CT molecular complexity index is 968. The molecule has 0 aromatic heterocycles. The minimum atomic E-state index is -0.584. The zero-order chi connectivity index (χ0) is 25.5. The smallest absolute Gasteiger partial charge is 0.412 e. The number of amides is 1. The van der Waals surface area contributed by atoms with Gasteiger partial charge in [0, 0.05) is 17.7 Å². The second kappa shape index (κ2) is 15.2. The molecule has 8 nitrogen and oxygen atoms in total. The average molecular weight is 484 g/mol. The molecular formula is C27H33NO7. The SMILES string of the molecule is CCOC(=O)/C=C/C=C/C[C@H](C)[C@@H](OC(=O)Nc1ccc(OC)cc1)c1ccc(OCCO)cc1. The van der Waals surface area contributed by atoms with Gasteiger partial charge in [-0.1, -0.05) is 37.3 Å². The summed E-state index contributed by atoms with van der Waals surface area (Å²) in [7, 11) is 1.57. The first-order valence-electron chi connectivity index (χ1n) is 11.4. The number of methoxy groups -OCH3 is 1. The molecule has 0 heterocycles. The summed E-state index contributed by atoms with van der Waals surface area (Å²) >= 11 is 0. The minimum absolute atomic E-state index is 0.0759. The van der Waals surface area contributed by atoms with Crippen LogP contribution >= 0.6 is 0 Å². The number of nitrogens with one attached hydrogen (secondary N) is 1. The standard InChI is InChI=1S/C27H33NO7/c1-4-33-25(30)9-7-5-6-8-20(2)26(21-10-14-24(15-11-21)34-19-18-29)35-27(31)28-22-12-16-23(32-3)17-13-22/h5-7,9-17,20,26,29H,4,8,18-19H2,1-3H3,(H,28,31)/b6-5+,9-7+/t20-,26+/m0/s1. The van der Waals surface area contributed by atoms with Crippen molar-refractivity contribution in [3.8, 4) is 11.5 Å². The number of carbonyl (C=O) groups excluding carboxylic acids is 2. The lowest BCUT2D eigenvalue weighted by molar-refractivity contribution is -0.137. The van der Waals surface area contributed by atoms with E-state index in [2.05, 4.69) is 5.32 Å². The van der Waals surface area contributed by atoms with Crippen molar-refractivity contribution in [1.29, 1.82) is 0 Å². The summed E-state index contributed by atoms with van der Waals surface area (Å²) in [6.45, 7) is 4.17. The van der Waals surface area contributed by atoms with Crippen LogP contribution in [0.1, 0.15) is 31.9 Å². The lowest BCUT2D eigenvalue weighted by Gasteiger charge is -2.24. The van der Waals surface area contributed by atoms with Gasteiger partial charge in [0.05, 0.1) is 20.3 Å². The van der Waals surface area contributed by atoms with Crippen LogP contribution in [0.4, 0.5) is 10.5 Å². The Kier molecular flexibility index (Phi) is 11.9. The van der Waals surface area contributed by atoms with Gasteiger partial charge in [0.15, 0.2) is 0 Å². The van der Waals surface area contributed by atoms with Crippen LogP contribution in [-0.2, 0) is 14.3 Å². The van der Waals surface area contributed by atoms with Crippen LogP contribution in [0, 0.1) is 5.92 Å². The molecule has 0 unspecified atom stereocenters. The Labute approximate surface area is 206 Å². The molecule has 0 spiro atoms. The predicted octanol–water partition coefficient (Wildman–Crippen LogP) is 5.06. The lowest BCUT2D eigenvalue weighted by atomic mass is 9.94. The fourth-order valence-electron chi connectivity index (χ4n) is 3.19. The number of aliphatic hydroxyl groups is 1. The molecule has 188 valence electrons. The number of hydrogen-bond donors (Lipinski definition) is 2. The van der Waals surface area contributed by atoms with Crippen molar-refractivity contribution in [2.75, 3.05) is 32.2 Å². The average Bonchev–Trinajstić information content (AvgIpc) is 2.86. The molecule has 0 aliphatic carbocycles. The molecule has 2 aromatic rings. The van der Waals surface area contributed by atoms with Crippen LogP contribution in [0.3, 0.4) is 0 Å². The van der Waals surface area contributed by atoms with E-state index in [0.29, 0.717) is 30.2 Å². The van der Waals surface area contributed by atoms with E-state index in [1.54, 1.807) is 62.6 Å². The Morgan fingerprint density at radius 1 is 1.03 bits per heavy atom. The highest BCUT2D eigenvalue weighted by Gasteiger charge is 2.23. The molecule has 2 aromatic carbocycles. The zero-order valence-corrected chi connectivity index (χ0v) is 20.3. The maximum Gasteiger partial charge on any atom is 0.412 e. The molecule has 1 amide bonds. The Morgan fingerprint density at radius 3 is 2.34 bits per heavy atom. The molecule has 0 radical (unpaired) electrons. The first-order chi connectivity index (χ1) is 17.0. The van der Waals surface area contributed by atoms with Gasteiger partial charge in [-0.2, -0.15) is 0 Å². The van der Waals surface area contributed by atoms with Gasteiger partial charge in [-0.25, -0.2) is 9.59 Å². The number of carbonyl (C=O) groups is 2. The van der Waals surface area contributed by atoms with E-state index in [9.17, 15) is 9.59 Å². The number of aliphatic hydroxyl groups excluding tert-OH is 1. The van der Waals surface area contributed by atoms with Crippen LogP contribution in [0.25, 0.3) is 0 Å². The summed E-state index contributed by atoms with van der Waals surface area (Å²) in [5, 5.41) is 11.7. The topological polar surface area (TPSA) is 103 Å². The number of allylic oxidation sites excluding steroid dienone is 3. The van der Waals surface area contributed by atoms with Gasteiger partial charge in [-0.15, -0.1) is 0 Å². The number of hydrogen-bond acceptors (Lipinski definition) is 7. The van der Waals surface area contributed by atoms with Gasteiger partial charge in [-0.3, -0.25) is 5.32 Å². The number of ether oxygens (including phenoxy) is 4. The first-order valence-corrected chi connectivity index (χ1v) is 11.4.